The van der Waals surface area contributed by atoms with Gasteiger partial charge in [-0.15, -0.1) is 0 Å². The van der Waals surface area contributed by atoms with Crippen LogP contribution in [0, 0.1) is 6.92 Å². The standard InChI is InChI=1S/C17H23N3O2S/c1-12-5-6-15-16(11-18-17(15)19-12)13-7-9-20(10-8-13)23(21,22)14-3-2-4-14/h5-6,11,13-14H,2-4,7-10H2,1H3,(H,18,19). The Morgan fingerprint density at radius 2 is 1.91 bits per heavy atom. The van der Waals surface area contributed by atoms with Crippen LogP contribution in [0.2, 0.25) is 0 Å². The van der Waals surface area contributed by atoms with Crippen LogP contribution in [0.4, 0.5) is 0 Å². The Hall–Kier alpha value is -1.40. The molecule has 0 spiro atoms. The highest BCUT2D eigenvalue weighted by Crippen LogP contribution is 2.36. The van der Waals surface area contributed by atoms with Crippen molar-refractivity contribution in [2.75, 3.05) is 13.1 Å². The van der Waals surface area contributed by atoms with E-state index in [0.717, 1.165) is 43.4 Å². The molecule has 124 valence electrons. The molecule has 1 aliphatic carbocycles. The van der Waals surface area contributed by atoms with Gasteiger partial charge in [-0.2, -0.15) is 0 Å². The van der Waals surface area contributed by atoms with Crippen molar-refractivity contribution < 1.29 is 8.42 Å². The molecular weight excluding hydrogens is 310 g/mol. The van der Waals surface area contributed by atoms with Gasteiger partial charge >= 0.3 is 0 Å². The minimum atomic E-state index is -3.05. The van der Waals surface area contributed by atoms with Crippen molar-refractivity contribution in [3.05, 3.63) is 29.6 Å². The van der Waals surface area contributed by atoms with Crippen LogP contribution < -0.4 is 0 Å². The maximum absolute atomic E-state index is 12.5. The lowest BCUT2D eigenvalue weighted by Gasteiger charge is -2.36. The summed E-state index contributed by atoms with van der Waals surface area (Å²) in [5.41, 5.74) is 3.23. The molecule has 1 N–H and O–H groups in total. The number of nitrogens with zero attached hydrogens (tertiary/aromatic N) is 2. The smallest absolute Gasteiger partial charge is 0.216 e. The number of hydrogen-bond donors (Lipinski definition) is 1. The van der Waals surface area contributed by atoms with Crippen molar-refractivity contribution in [2.24, 2.45) is 0 Å². The SMILES string of the molecule is Cc1ccc2c(C3CCN(S(=O)(=O)C4CCC4)CC3)c[nH]c2n1. The van der Waals surface area contributed by atoms with Crippen LogP contribution in [0.15, 0.2) is 18.3 Å². The van der Waals surface area contributed by atoms with E-state index in [0.29, 0.717) is 19.0 Å². The van der Waals surface area contributed by atoms with E-state index in [4.69, 9.17) is 0 Å². The number of aromatic nitrogens is 2. The lowest BCUT2D eigenvalue weighted by molar-refractivity contribution is 0.308. The molecule has 0 amide bonds. The van der Waals surface area contributed by atoms with Crippen LogP contribution in [0.5, 0.6) is 0 Å². The predicted molar refractivity (Wildman–Crippen MR) is 90.9 cm³/mol. The fourth-order valence-electron chi connectivity index (χ4n) is 3.76. The number of sulfonamides is 1. The summed E-state index contributed by atoms with van der Waals surface area (Å²) in [7, 11) is -3.05. The van der Waals surface area contributed by atoms with Gasteiger partial charge in [-0.05, 0) is 56.2 Å². The van der Waals surface area contributed by atoms with Gasteiger partial charge in [0.15, 0.2) is 0 Å². The van der Waals surface area contributed by atoms with Gasteiger partial charge in [0.1, 0.15) is 5.65 Å². The zero-order chi connectivity index (χ0) is 16.0. The Bertz CT molecular complexity index is 815. The molecule has 4 rings (SSSR count). The highest BCUT2D eigenvalue weighted by atomic mass is 32.2. The monoisotopic (exact) mass is 333 g/mol. The predicted octanol–water partition coefficient (Wildman–Crippen LogP) is 2.93. The van der Waals surface area contributed by atoms with Gasteiger partial charge in [-0.3, -0.25) is 0 Å². The van der Waals surface area contributed by atoms with Gasteiger partial charge in [0.2, 0.25) is 10.0 Å². The Balaban J connectivity index is 1.50. The van der Waals surface area contributed by atoms with Crippen LogP contribution >= 0.6 is 0 Å². The number of aryl methyl sites for hydroxylation is 1. The summed E-state index contributed by atoms with van der Waals surface area (Å²) < 4.78 is 26.8. The van der Waals surface area contributed by atoms with Crippen molar-refractivity contribution >= 4 is 21.1 Å². The molecule has 2 aromatic rings. The molecule has 1 aliphatic heterocycles. The molecule has 0 atom stereocenters. The maximum Gasteiger partial charge on any atom is 0.216 e. The Morgan fingerprint density at radius 1 is 1.17 bits per heavy atom. The number of nitrogens with one attached hydrogen (secondary N) is 1. The molecular formula is C17H23N3O2S. The van der Waals surface area contributed by atoms with E-state index in [2.05, 4.69) is 22.2 Å². The normalized spacial score (nSPS) is 21.6. The zero-order valence-electron chi connectivity index (χ0n) is 13.5. The molecule has 3 heterocycles. The summed E-state index contributed by atoms with van der Waals surface area (Å²) >= 11 is 0. The largest absolute Gasteiger partial charge is 0.346 e. The van der Waals surface area contributed by atoms with Crippen molar-refractivity contribution in [1.29, 1.82) is 0 Å². The van der Waals surface area contributed by atoms with E-state index in [1.807, 2.05) is 13.0 Å². The van der Waals surface area contributed by atoms with Gasteiger partial charge in [-0.25, -0.2) is 17.7 Å². The molecule has 2 fully saturated rings. The van der Waals surface area contributed by atoms with Crippen LogP contribution in [-0.4, -0.2) is 41.0 Å². The van der Waals surface area contributed by atoms with Crippen molar-refractivity contribution in [1.82, 2.24) is 14.3 Å². The number of aromatic amines is 1. The summed E-state index contributed by atoms with van der Waals surface area (Å²) in [6.07, 6.45) is 6.59. The van der Waals surface area contributed by atoms with Crippen LogP contribution in [0.25, 0.3) is 11.0 Å². The average molecular weight is 333 g/mol. The summed E-state index contributed by atoms with van der Waals surface area (Å²) in [4.78, 5) is 7.79. The molecule has 0 aromatic carbocycles. The fraction of sp³-hybridized carbons (Fsp3) is 0.588. The molecule has 0 radical (unpaired) electrons. The van der Waals surface area contributed by atoms with Crippen molar-refractivity contribution in [3.8, 4) is 0 Å². The highest BCUT2D eigenvalue weighted by molar-refractivity contribution is 7.89. The number of fused-ring (bicyclic) bond motifs is 1. The Morgan fingerprint density at radius 3 is 2.57 bits per heavy atom. The quantitative estimate of drug-likeness (QED) is 0.939. The van der Waals surface area contributed by atoms with Crippen LogP contribution in [0.1, 0.15) is 49.3 Å². The van der Waals surface area contributed by atoms with Crippen molar-refractivity contribution in [2.45, 2.75) is 50.2 Å². The van der Waals surface area contributed by atoms with Gasteiger partial charge in [0.25, 0.3) is 0 Å². The molecule has 2 aliphatic rings. The highest BCUT2D eigenvalue weighted by Gasteiger charge is 2.38. The first-order chi connectivity index (χ1) is 11.1. The second kappa shape index (κ2) is 5.60. The number of H-pyrrole nitrogens is 1. The third-order valence-corrected chi connectivity index (χ3v) is 7.84. The molecule has 0 unspecified atom stereocenters. The number of rotatable bonds is 3. The van der Waals surface area contributed by atoms with Gasteiger partial charge in [0.05, 0.1) is 5.25 Å². The van der Waals surface area contributed by atoms with Crippen LogP contribution in [-0.2, 0) is 10.0 Å². The fourth-order valence-corrected chi connectivity index (χ4v) is 5.83. The van der Waals surface area contributed by atoms with Crippen molar-refractivity contribution in [3.63, 3.8) is 0 Å². The van der Waals surface area contributed by atoms with Gasteiger partial charge in [0, 0.05) is 30.4 Å². The number of pyridine rings is 1. The molecule has 23 heavy (non-hydrogen) atoms. The second-order valence-corrected chi connectivity index (χ2v) is 9.08. The lowest BCUT2D eigenvalue weighted by Crippen LogP contribution is -2.45. The van der Waals surface area contributed by atoms with E-state index >= 15 is 0 Å². The first-order valence-electron chi connectivity index (χ1n) is 8.49. The minimum absolute atomic E-state index is 0.112. The van der Waals surface area contributed by atoms with E-state index in [9.17, 15) is 8.42 Å². The van der Waals surface area contributed by atoms with E-state index in [1.54, 1.807) is 4.31 Å². The molecule has 1 saturated heterocycles. The number of piperidine rings is 1. The van der Waals surface area contributed by atoms with E-state index in [1.165, 1.54) is 10.9 Å². The lowest BCUT2D eigenvalue weighted by atomic mass is 9.90. The molecule has 6 heteroatoms. The first-order valence-corrected chi connectivity index (χ1v) is 9.99. The summed E-state index contributed by atoms with van der Waals surface area (Å²) in [5, 5.41) is 1.07. The Labute approximate surface area is 137 Å². The summed E-state index contributed by atoms with van der Waals surface area (Å²) in [6.45, 7) is 3.29. The molecule has 0 bridgehead atoms. The summed E-state index contributed by atoms with van der Waals surface area (Å²) in [5.74, 6) is 0.418. The zero-order valence-corrected chi connectivity index (χ0v) is 14.3. The van der Waals surface area contributed by atoms with Gasteiger partial charge in [-0.1, -0.05) is 6.42 Å². The second-order valence-electron chi connectivity index (χ2n) is 6.86. The molecule has 1 saturated carbocycles. The third-order valence-electron chi connectivity index (χ3n) is 5.44. The topological polar surface area (TPSA) is 66.1 Å². The molecule has 2 aromatic heterocycles. The van der Waals surface area contributed by atoms with Gasteiger partial charge < -0.3 is 4.98 Å². The first kappa shape index (κ1) is 15.1. The summed E-state index contributed by atoms with van der Waals surface area (Å²) in [6, 6.07) is 4.16. The van der Waals surface area contributed by atoms with E-state index in [-0.39, 0.29) is 5.25 Å². The average Bonchev–Trinajstić information content (AvgIpc) is 2.88. The Kier molecular flexibility index (Phi) is 3.69. The molecule has 5 nitrogen and oxygen atoms in total. The minimum Gasteiger partial charge on any atom is -0.346 e. The third kappa shape index (κ3) is 2.58. The number of hydrogen-bond acceptors (Lipinski definition) is 3. The maximum atomic E-state index is 12.5. The van der Waals surface area contributed by atoms with Crippen LogP contribution in [0.3, 0.4) is 0 Å². The van der Waals surface area contributed by atoms with E-state index < -0.39 is 10.0 Å².